The Morgan fingerprint density at radius 3 is 2.06 bits per heavy atom. The lowest BCUT2D eigenvalue weighted by atomic mass is 9.95. The predicted octanol–water partition coefficient (Wildman–Crippen LogP) is 5.52. The Morgan fingerprint density at radius 1 is 1.06 bits per heavy atom. The summed E-state index contributed by atoms with van der Waals surface area (Å²) < 4.78 is 0. The van der Waals surface area contributed by atoms with Crippen LogP contribution in [0.5, 0.6) is 0 Å². The van der Waals surface area contributed by atoms with E-state index in [1.165, 1.54) is 18.4 Å². The van der Waals surface area contributed by atoms with Crippen molar-refractivity contribution in [2.24, 2.45) is 11.8 Å². The molecule has 1 aromatic carbocycles. The molecule has 0 aliphatic carbocycles. The maximum Gasteiger partial charge on any atom is 0.0640 e. The molecule has 1 nitrogen and oxygen atoms in total. The molecule has 0 heterocycles. The Bertz CT molecular complexity index is 361. The molecule has 0 aliphatic rings. The third-order valence-electron chi connectivity index (χ3n) is 3.00. The van der Waals surface area contributed by atoms with Crippen LogP contribution in [0.15, 0.2) is 18.2 Å². The zero-order valence-corrected chi connectivity index (χ0v) is 13.0. The van der Waals surface area contributed by atoms with Crippen molar-refractivity contribution in [3.8, 4) is 0 Å². The van der Waals surface area contributed by atoms with Gasteiger partial charge in [0.1, 0.15) is 0 Å². The lowest BCUT2D eigenvalue weighted by Gasteiger charge is -2.24. The lowest BCUT2D eigenvalue weighted by molar-refractivity contribution is 0.442. The van der Waals surface area contributed by atoms with Crippen molar-refractivity contribution in [2.75, 3.05) is 5.32 Å². The van der Waals surface area contributed by atoms with Gasteiger partial charge in [-0.2, -0.15) is 0 Å². The fraction of sp³-hybridized carbons (Fsp3) is 0.625. The highest BCUT2D eigenvalue weighted by Gasteiger charge is 2.14. The third-order valence-corrected chi connectivity index (χ3v) is 3.31. The minimum atomic E-state index is 0.505. The Balaban J connectivity index is 2.75. The summed E-state index contributed by atoms with van der Waals surface area (Å²) in [6, 6.07) is 6.72. The average molecular weight is 268 g/mol. The van der Waals surface area contributed by atoms with Crippen LogP contribution in [0.3, 0.4) is 0 Å². The van der Waals surface area contributed by atoms with Gasteiger partial charge in [0.2, 0.25) is 0 Å². The van der Waals surface area contributed by atoms with Gasteiger partial charge in [-0.1, -0.05) is 45.4 Å². The van der Waals surface area contributed by atoms with Crippen LogP contribution >= 0.6 is 11.6 Å². The lowest BCUT2D eigenvalue weighted by Crippen LogP contribution is -2.23. The van der Waals surface area contributed by atoms with Crippen molar-refractivity contribution in [3.05, 3.63) is 28.8 Å². The highest BCUT2D eigenvalue weighted by Crippen LogP contribution is 2.26. The van der Waals surface area contributed by atoms with Gasteiger partial charge in [0, 0.05) is 6.04 Å². The van der Waals surface area contributed by atoms with Crippen molar-refractivity contribution in [1.29, 1.82) is 0 Å². The Kier molecular flexibility index (Phi) is 6.01. The summed E-state index contributed by atoms with van der Waals surface area (Å²) in [5, 5.41) is 4.43. The van der Waals surface area contributed by atoms with E-state index in [4.69, 9.17) is 11.6 Å². The first-order valence-corrected chi connectivity index (χ1v) is 7.29. The molecule has 0 saturated carbocycles. The summed E-state index contributed by atoms with van der Waals surface area (Å²) in [4.78, 5) is 0. The molecule has 0 aromatic heterocycles. The number of hydrogen-bond acceptors (Lipinski definition) is 1. The molecule has 1 rings (SSSR count). The number of rotatable bonds is 6. The SMILES string of the molecule is Cc1ccc(NC(CC(C)C)CC(C)C)c(Cl)c1. The monoisotopic (exact) mass is 267 g/mol. The number of aryl methyl sites for hydroxylation is 1. The molecule has 18 heavy (non-hydrogen) atoms. The first-order chi connectivity index (χ1) is 8.38. The van der Waals surface area contributed by atoms with Crippen LogP contribution in [0.1, 0.15) is 46.1 Å². The standard InChI is InChI=1S/C16H26ClN/c1-11(2)8-14(9-12(3)4)18-16-7-6-13(5)10-15(16)17/h6-7,10-12,14,18H,8-9H2,1-5H3. The van der Waals surface area contributed by atoms with E-state index in [1.807, 2.05) is 6.07 Å². The van der Waals surface area contributed by atoms with Gasteiger partial charge in [-0.25, -0.2) is 0 Å². The molecule has 0 bridgehead atoms. The normalized spacial score (nSPS) is 11.6. The summed E-state index contributed by atoms with van der Waals surface area (Å²) in [5.74, 6) is 1.40. The Labute approximate surface area is 117 Å². The molecule has 2 heteroatoms. The van der Waals surface area contributed by atoms with Crippen LogP contribution in [0.2, 0.25) is 5.02 Å². The fourth-order valence-electron chi connectivity index (χ4n) is 2.31. The van der Waals surface area contributed by atoms with E-state index in [0.717, 1.165) is 10.7 Å². The van der Waals surface area contributed by atoms with Gasteiger partial charge in [-0.05, 0) is 49.3 Å². The minimum absolute atomic E-state index is 0.505. The van der Waals surface area contributed by atoms with Gasteiger partial charge in [0.05, 0.1) is 10.7 Å². The van der Waals surface area contributed by atoms with Crippen molar-refractivity contribution >= 4 is 17.3 Å². The van der Waals surface area contributed by atoms with E-state index < -0.39 is 0 Å². The molecular formula is C16H26ClN. The molecule has 0 spiro atoms. The van der Waals surface area contributed by atoms with Gasteiger partial charge in [-0.3, -0.25) is 0 Å². The summed E-state index contributed by atoms with van der Waals surface area (Å²) >= 11 is 6.28. The van der Waals surface area contributed by atoms with Crippen LogP contribution in [0, 0.1) is 18.8 Å². The summed E-state index contributed by atoms with van der Waals surface area (Å²) in [6.07, 6.45) is 2.37. The summed E-state index contributed by atoms with van der Waals surface area (Å²) in [5.41, 5.74) is 2.27. The highest BCUT2D eigenvalue weighted by molar-refractivity contribution is 6.33. The van der Waals surface area contributed by atoms with Crippen molar-refractivity contribution < 1.29 is 0 Å². The van der Waals surface area contributed by atoms with E-state index in [9.17, 15) is 0 Å². The van der Waals surface area contributed by atoms with Gasteiger partial charge in [0.15, 0.2) is 0 Å². The highest BCUT2D eigenvalue weighted by atomic mass is 35.5. The molecule has 0 atom stereocenters. The van der Waals surface area contributed by atoms with Crippen LogP contribution in [-0.2, 0) is 0 Å². The largest absolute Gasteiger partial charge is 0.381 e. The maximum atomic E-state index is 6.28. The quantitative estimate of drug-likeness (QED) is 0.715. The topological polar surface area (TPSA) is 12.0 Å². The van der Waals surface area contributed by atoms with Crippen molar-refractivity contribution in [3.63, 3.8) is 0 Å². The van der Waals surface area contributed by atoms with Gasteiger partial charge >= 0.3 is 0 Å². The number of halogens is 1. The second-order valence-corrected chi connectivity index (χ2v) is 6.49. The van der Waals surface area contributed by atoms with Crippen LogP contribution in [0.4, 0.5) is 5.69 Å². The van der Waals surface area contributed by atoms with E-state index in [1.54, 1.807) is 0 Å². The van der Waals surface area contributed by atoms with Gasteiger partial charge in [0.25, 0.3) is 0 Å². The molecule has 102 valence electrons. The molecular weight excluding hydrogens is 242 g/mol. The molecule has 1 N–H and O–H groups in total. The molecule has 0 aliphatic heterocycles. The molecule has 1 aromatic rings. The fourth-order valence-corrected chi connectivity index (χ4v) is 2.60. The van der Waals surface area contributed by atoms with E-state index in [-0.39, 0.29) is 0 Å². The molecule has 0 saturated heterocycles. The van der Waals surface area contributed by atoms with Crippen LogP contribution in [-0.4, -0.2) is 6.04 Å². The molecule has 0 radical (unpaired) electrons. The molecule has 0 unspecified atom stereocenters. The van der Waals surface area contributed by atoms with E-state index >= 15 is 0 Å². The van der Waals surface area contributed by atoms with E-state index in [2.05, 4.69) is 52.1 Å². The van der Waals surface area contributed by atoms with Gasteiger partial charge in [-0.15, -0.1) is 0 Å². The molecule has 0 fully saturated rings. The number of nitrogens with one attached hydrogen (secondary N) is 1. The first-order valence-electron chi connectivity index (χ1n) is 6.91. The number of anilines is 1. The average Bonchev–Trinajstić information content (AvgIpc) is 2.20. The Morgan fingerprint density at radius 2 is 1.61 bits per heavy atom. The minimum Gasteiger partial charge on any atom is -0.381 e. The van der Waals surface area contributed by atoms with Crippen LogP contribution in [0.25, 0.3) is 0 Å². The van der Waals surface area contributed by atoms with Crippen LogP contribution < -0.4 is 5.32 Å². The summed E-state index contributed by atoms with van der Waals surface area (Å²) in [7, 11) is 0. The predicted molar refractivity (Wildman–Crippen MR) is 82.5 cm³/mol. The zero-order valence-electron chi connectivity index (χ0n) is 12.3. The second kappa shape index (κ2) is 7.04. The van der Waals surface area contributed by atoms with Crippen molar-refractivity contribution in [2.45, 2.75) is 53.5 Å². The zero-order chi connectivity index (χ0) is 13.7. The molecule has 0 amide bonds. The Hall–Kier alpha value is -0.690. The van der Waals surface area contributed by atoms with E-state index in [0.29, 0.717) is 17.9 Å². The summed E-state index contributed by atoms with van der Waals surface area (Å²) in [6.45, 7) is 11.1. The second-order valence-electron chi connectivity index (χ2n) is 6.08. The van der Waals surface area contributed by atoms with Gasteiger partial charge < -0.3 is 5.32 Å². The third kappa shape index (κ3) is 5.30. The smallest absolute Gasteiger partial charge is 0.0640 e. The number of hydrogen-bond donors (Lipinski definition) is 1. The number of benzene rings is 1. The van der Waals surface area contributed by atoms with Crippen molar-refractivity contribution in [1.82, 2.24) is 0 Å². The maximum absolute atomic E-state index is 6.28. The first kappa shape index (κ1) is 15.4.